The Kier molecular flexibility index (Phi) is 7.29. The second-order valence-corrected chi connectivity index (χ2v) is 10.8. The molecule has 3 aromatic rings. The molecule has 1 N–H and O–H groups in total. The molecule has 1 atom stereocenters. The molecule has 42 heavy (non-hydrogen) atoms. The van der Waals surface area contributed by atoms with Crippen LogP contribution in [-0.4, -0.2) is 52.6 Å². The molecule has 3 heterocycles. The minimum Gasteiger partial charge on any atom is -0.339 e. The van der Waals surface area contributed by atoms with E-state index in [9.17, 15) is 24.4 Å². The van der Waals surface area contributed by atoms with Crippen molar-refractivity contribution < 1.29 is 19.2 Å². The number of fused-ring (bicyclic) bond motifs is 1. The highest BCUT2D eigenvalue weighted by Crippen LogP contribution is 2.30. The maximum atomic E-state index is 13.2. The summed E-state index contributed by atoms with van der Waals surface area (Å²) in [5, 5.41) is 11.7. The number of imide groups is 1. The van der Waals surface area contributed by atoms with Crippen LogP contribution in [0, 0.1) is 29.1 Å². The summed E-state index contributed by atoms with van der Waals surface area (Å²) in [7, 11) is 0. The van der Waals surface area contributed by atoms with Crippen molar-refractivity contribution in [2.75, 3.05) is 13.1 Å². The Labute approximate surface area is 243 Å². The van der Waals surface area contributed by atoms with E-state index in [1.807, 2.05) is 53.4 Å². The Morgan fingerprint density at radius 1 is 0.857 bits per heavy atom. The molecule has 0 spiro atoms. The highest BCUT2D eigenvalue weighted by molar-refractivity contribution is 6.05. The van der Waals surface area contributed by atoms with E-state index in [0.717, 1.165) is 35.1 Å². The molecule has 8 nitrogen and oxygen atoms in total. The third kappa shape index (κ3) is 5.15. The summed E-state index contributed by atoms with van der Waals surface area (Å²) in [6.45, 7) is 1.50. The third-order valence-electron chi connectivity index (χ3n) is 8.27. The van der Waals surface area contributed by atoms with Gasteiger partial charge < -0.3 is 9.80 Å². The maximum absolute atomic E-state index is 13.2. The molecule has 1 unspecified atom stereocenters. The number of amides is 4. The molecule has 0 saturated carbocycles. The fraction of sp³-hybridized carbons (Fsp3) is 0.265. The van der Waals surface area contributed by atoms with Gasteiger partial charge in [-0.05, 0) is 66.3 Å². The van der Waals surface area contributed by atoms with Crippen LogP contribution in [0.4, 0.5) is 0 Å². The fourth-order valence-electron chi connectivity index (χ4n) is 5.92. The van der Waals surface area contributed by atoms with Gasteiger partial charge in [0.15, 0.2) is 0 Å². The summed E-state index contributed by atoms with van der Waals surface area (Å²) < 4.78 is 0. The van der Waals surface area contributed by atoms with E-state index in [1.54, 1.807) is 18.2 Å². The zero-order valence-corrected chi connectivity index (χ0v) is 22.9. The van der Waals surface area contributed by atoms with Crippen molar-refractivity contribution in [2.45, 2.75) is 38.3 Å². The predicted octanol–water partition coefficient (Wildman–Crippen LogP) is 3.89. The van der Waals surface area contributed by atoms with Crippen LogP contribution >= 0.6 is 0 Å². The number of hydrogen-bond acceptors (Lipinski definition) is 5. The lowest BCUT2D eigenvalue weighted by molar-refractivity contribution is -0.136. The van der Waals surface area contributed by atoms with Gasteiger partial charge in [0.25, 0.3) is 11.8 Å². The number of piperidine rings is 2. The summed E-state index contributed by atoms with van der Waals surface area (Å²) in [4.78, 5) is 53.6. The summed E-state index contributed by atoms with van der Waals surface area (Å²) in [6, 6.07) is 21.8. The van der Waals surface area contributed by atoms with Crippen molar-refractivity contribution in [1.29, 1.82) is 5.26 Å². The third-order valence-corrected chi connectivity index (χ3v) is 8.27. The van der Waals surface area contributed by atoms with E-state index in [1.165, 1.54) is 4.90 Å². The molecule has 3 aromatic carbocycles. The first-order chi connectivity index (χ1) is 20.4. The van der Waals surface area contributed by atoms with E-state index in [0.29, 0.717) is 42.7 Å². The average molecular weight is 557 g/mol. The van der Waals surface area contributed by atoms with Crippen LogP contribution < -0.4 is 5.32 Å². The zero-order chi connectivity index (χ0) is 29.2. The molecule has 2 fully saturated rings. The van der Waals surface area contributed by atoms with E-state index in [4.69, 9.17) is 0 Å². The molecule has 3 aliphatic rings. The minimum atomic E-state index is -0.658. The maximum Gasteiger partial charge on any atom is 0.255 e. The SMILES string of the molecule is N#Cc1ccccc1-c1ccc(C(=O)N2CCC(C#Cc3cccc4c3CN(C3CCC(=O)NC3=O)C4=O)CC2)cc1. The van der Waals surface area contributed by atoms with E-state index in [-0.39, 0.29) is 30.1 Å². The molecule has 4 amide bonds. The number of nitrogens with one attached hydrogen (secondary N) is 1. The first kappa shape index (κ1) is 27.0. The van der Waals surface area contributed by atoms with Gasteiger partial charge in [-0.15, -0.1) is 0 Å². The minimum absolute atomic E-state index is 0.0190. The van der Waals surface area contributed by atoms with Crippen molar-refractivity contribution in [3.05, 3.63) is 94.5 Å². The highest BCUT2D eigenvalue weighted by Gasteiger charge is 2.39. The van der Waals surface area contributed by atoms with Crippen LogP contribution in [-0.2, 0) is 16.1 Å². The van der Waals surface area contributed by atoms with Gasteiger partial charge >= 0.3 is 0 Å². The van der Waals surface area contributed by atoms with Gasteiger partial charge in [-0.3, -0.25) is 24.5 Å². The molecule has 0 aromatic heterocycles. The molecule has 0 radical (unpaired) electrons. The topological polar surface area (TPSA) is 111 Å². The Morgan fingerprint density at radius 2 is 1.57 bits per heavy atom. The van der Waals surface area contributed by atoms with E-state index in [2.05, 4.69) is 23.2 Å². The van der Waals surface area contributed by atoms with Crippen LogP contribution in [0.1, 0.15) is 63.1 Å². The van der Waals surface area contributed by atoms with Crippen LogP contribution in [0.25, 0.3) is 11.1 Å². The molecule has 3 aliphatic heterocycles. The lowest BCUT2D eigenvalue weighted by Crippen LogP contribution is -2.52. The number of likely N-dealkylation sites (tertiary alicyclic amines) is 1. The Bertz CT molecular complexity index is 1700. The molecule has 0 bridgehead atoms. The number of nitriles is 1. The predicted molar refractivity (Wildman–Crippen MR) is 155 cm³/mol. The second-order valence-electron chi connectivity index (χ2n) is 10.8. The Balaban J connectivity index is 1.09. The average Bonchev–Trinajstić information content (AvgIpc) is 3.36. The van der Waals surface area contributed by atoms with Gasteiger partial charge in [0, 0.05) is 48.7 Å². The molecule has 6 rings (SSSR count). The number of nitrogens with zero attached hydrogens (tertiary/aromatic N) is 3. The molecular formula is C34H28N4O4. The molecule has 0 aliphatic carbocycles. The van der Waals surface area contributed by atoms with Gasteiger partial charge in [-0.25, -0.2) is 0 Å². The van der Waals surface area contributed by atoms with Crippen molar-refractivity contribution in [3.63, 3.8) is 0 Å². The van der Waals surface area contributed by atoms with Crippen molar-refractivity contribution in [2.24, 2.45) is 5.92 Å². The number of carbonyl (C=O) groups is 4. The molecule has 208 valence electrons. The number of carbonyl (C=O) groups excluding carboxylic acids is 4. The fourth-order valence-corrected chi connectivity index (χ4v) is 5.92. The highest BCUT2D eigenvalue weighted by atomic mass is 16.2. The number of benzene rings is 3. The van der Waals surface area contributed by atoms with Gasteiger partial charge in [-0.2, -0.15) is 5.26 Å². The lowest BCUT2D eigenvalue weighted by Gasteiger charge is -2.30. The Morgan fingerprint density at radius 3 is 2.31 bits per heavy atom. The lowest BCUT2D eigenvalue weighted by atomic mass is 9.95. The van der Waals surface area contributed by atoms with Gasteiger partial charge in [0.1, 0.15) is 6.04 Å². The first-order valence-electron chi connectivity index (χ1n) is 14.1. The van der Waals surface area contributed by atoms with Crippen LogP contribution in [0.5, 0.6) is 0 Å². The van der Waals surface area contributed by atoms with Crippen molar-refractivity contribution in [3.8, 4) is 29.0 Å². The summed E-state index contributed by atoms with van der Waals surface area (Å²) in [5.74, 6) is 5.79. The summed E-state index contributed by atoms with van der Waals surface area (Å²) >= 11 is 0. The van der Waals surface area contributed by atoms with Crippen molar-refractivity contribution in [1.82, 2.24) is 15.1 Å². The summed E-state index contributed by atoms with van der Waals surface area (Å²) in [5.41, 5.74) is 5.08. The zero-order valence-electron chi connectivity index (χ0n) is 22.9. The Hall–Kier alpha value is -5.21. The van der Waals surface area contributed by atoms with Gasteiger partial charge in [0.2, 0.25) is 11.8 Å². The van der Waals surface area contributed by atoms with Crippen LogP contribution in [0.3, 0.4) is 0 Å². The normalized spacial score (nSPS) is 18.5. The second kappa shape index (κ2) is 11.3. The van der Waals surface area contributed by atoms with Crippen molar-refractivity contribution >= 4 is 23.6 Å². The van der Waals surface area contributed by atoms with Gasteiger partial charge in [-0.1, -0.05) is 48.2 Å². The van der Waals surface area contributed by atoms with Crippen LogP contribution in [0.2, 0.25) is 0 Å². The largest absolute Gasteiger partial charge is 0.339 e. The molecule has 2 saturated heterocycles. The quantitative estimate of drug-likeness (QED) is 0.389. The standard InChI is InChI=1S/C34H28N4O4/c35-20-26-4-1-2-6-27(26)24-10-12-25(13-11-24)33(41)37-18-16-22(17-19-37)8-9-23-5-3-7-28-29(23)21-38(34(28)42)30-14-15-31(39)36-32(30)40/h1-7,10-13,22,30H,14-19,21H2,(H,36,39,40). The van der Waals surface area contributed by atoms with E-state index < -0.39 is 11.9 Å². The molecule has 8 heteroatoms. The molecular weight excluding hydrogens is 528 g/mol. The van der Waals surface area contributed by atoms with Crippen LogP contribution in [0.15, 0.2) is 66.7 Å². The number of rotatable bonds is 3. The first-order valence-corrected chi connectivity index (χ1v) is 14.1. The monoisotopic (exact) mass is 556 g/mol. The smallest absolute Gasteiger partial charge is 0.255 e. The van der Waals surface area contributed by atoms with E-state index >= 15 is 0 Å². The number of hydrogen-bond donors (Lipinski definition) is 1. The summed E-state index contributed by atoms with van der Waals surface area (Å²) in [6.07, 6.45) is 2.04. The van der Waals surface area contributed by atoms with Gasteiger partial charge in [0.05, 0.1) is 11.6 Å².